The maximum atomic E-state index is 13.4. The Balaban J connectivity index is 0.953. The minimum absolute atomic E-state index is 0.182. The number of nitrogens with zero attached hydrogens (tertiary/aromatic N) is 2. The number of fused-ring (bicyclic) bond motifs is 2. The molecule has 4 aliphatic heterocycles. The predicted molar refractivity (Wildman–Crippen MR) is 266 cm³/mol. The molecule has 1 aromatic rings. The van der Waals surface area contributed by atoms with Crippen LogP contribution < -0.4 is 38.5 Å². The molecule has 18 nitrogen and oxygen atoms in total. The van der Waals surface area contributed by atoms with Crippen molar-refractivity contribution in [1.82, 2.24) is 16.0 Å². The number of hydrogen-bond donors (Lipinski definition) is 7. The van der Waals surface area contributed by atoms with Gasteiger partial charge in [-0.15, -0.1) is 0 Å². The molecule has 0 radical (unpaired) electrons. The topological polar surface area (TPSA) is 273 Å². The van der Waals surface area contributed by atoms with Crippen molar-refractivity contribution >= 4 is 70.3 Å². The maximum Gasteiger partial charge on any atom is 0.319 e. The van der Waals surface area contributed by atoms with E-state index in [-0.39, 0.29) is 61.2 Å². The predicted octanol–water partition coefficient (Wildman–Crippen LogP) is 4.12. The molecule has 2 amide bonds. The number of carbonyl (C=O) groups excluding carboxylic acids is 5. The van der Waals surface area contributed by atoms with E-state index < -0.39 is 6.03 Å². The largest absolute Gasteiger partial charge is 0.381 e. The van der Waals surface area contributed by atoms with Crippen LogP contribution in [0.5, 0.6) is 0 Å². The zero-order chi connectivity index (χ0) is 47.6. The van der Waals surface area contributed by atoms with Gasteiger partial charge in [-0.1, -0.05) is 12.8 Å². The summed E-state index contributed by atoms with van der Waals surface area (Å²) < 4.78 is 22.3. The summed E-state index contributed by atoms with van der Waals surface area (Å²) >= 11 is 3.87. The number of ether oxygens (including phenoxy) is 4. The van der Waals surface area contributed by atoms with Gasteiger partial charge in [0.15, 0.2) is 23.5 Å². The van der Waals surface area contributed by atoms with Crippen molar-refractivity contribution in [3.05, 3.63) is 29.3 Å². The fraction of sp³-hybridized carbons (Fsp3) is 0.723. The zero-order valence-electron chi connectivity index (χ0n) is 39.1. The first-order valence-corrected chi connectivity index (χ1v) is 26.4. The first-order valence-electron chi connectivity index (χ1n) is 24.3. The van der Waals surface area contributed by atoms with Gasteiger partial charge in [-0.05, 0) is 69.6 Å². The number of nitrogens with two attached hydrogens (primary N) is 3. The van der Waals surface area contributed by atoms with E-state index in [0.29, 0.717) is 155 Å². The van der Waals surface area contributed by atoms with E-state index in [9.17, 15) is 24.0 Å². The molecule has 4 heterocycles. The number of Topliss-reactive ketones (excluding diaryl/α,β-unsaturated/α-hetero) is 4. The second-order valence-electron chi connectivity index (χ2n) is 17.5. The fourth-order valence-corrected chi connectivity index (χ4v) is 11.6. The average Bonchev–Trinajstić information content (AvgIpc) is 4.08. The van der Waals surface area contributed by atoms with Crippen molar-refractivity contribution in [1.29, 1.82) is 0 Å². The molecule has 6 atom stereocenters. The standard InChI is InChI=1S/C47H75N9O9S2/c48-17-23-64-25-26-65-24-18-51-47(61)52-34-28-32(39(59)13-7-21-62-19-5-11-35(57)9-1-3-15-41-43-37(30-66-41)53-45(49)55-43)27-33(29-34)40(60)14-8-22-63-20-6-12-36(58)10-2-4-16-42-44-38(31-67-42)54-46(50)56-44/h27-29,37-38,41-44H,1-26,30-31,48H2,(H3,49,53,55)(H3,50,54,56)(H2,51,52,61)/t37-,38-,41-,42-,43-,44-/m0/s1. The normalized spacial score (nSPS) is 21.5. The van der Waals surface area contributed by atoms with Crippen molar-refractivity contribution in [2.24, 2.45) is 27.2 Å². The smallest absolute Gasteiger partial charge is 0.319 e. The monoisotopic (exact) mass is 974 g/mol. The Morgan fingerprint density at radius 1 is 0.582 bits per heavy atom. The molecule has 1 aromatic carbocycles. The molecule has 0 saturated carbocycles. The highest BCUT2D eigenvalue weighted by Crippen LogP contribution is 2.36. The van der Waals surface area contributed by atoms with Crippen molar-refractivity contribution < 1.29 is 42.9 Å². The summed E-state index contributed by atoms with van der Waals surface area (Å²) in [7, 11) is 0. The molecule has 20 heteroatoms. The lowest BCUT2D eigenvalue weighted by molar-refractivity contribution is -0.120. The van der Waals surface area contributed by atoms with E-state index in [2.05, 4.69) is 31.3 Å². The van der Waals surface area contributed by atoms with Crippen LogP contribution in [0.25, 0.3) is 0 Å². The lowest BCUT2D eigenvalue weighted by atomic mass is 9.99. The van der Waals surface area contributed by atoms with Crippen molar-refractivity contribution in [2.45, 2.75) is 137 Å². The Labute approximate surface area is 404 Å². The Morgan fingerprint density at radius 2 is 1.03 bits per heavy atom. The van der Waals surface area contributed by atoms with Gasteiger partial charge in [-0.2, -0.15) is 23.5 Å². The van der Waals surface area contributed by atoms with Crippen LogP contribution in [-0.4, -0.2) is 153 Å². The van der Waals surface area contributed by atoms with E-state index in [4.69, 9.17) is 36.1 Å². The molecule has 0 unspecified atom stereocenters. The van der Waals surface area contributed by atoms with Crippen LogP contribution in [0.3, 0.4) is 0 Å². The van der Waals surface area contributed by atoms with Crippen LogP contribution >= 0.6 is 23.5 Å². The van der Waals surface area contributed by atoms with Crippen LogP contribution in [0.2, 0.25) is 0 Å². The first kappa shape index (κ1) is 54.2. The van der Waals surface area contributed by atoms with E-state index in [1.165, 1.54) is 0 Å². The van der Waals surface area contributed by atoms with Crippen LogP contribution in [0.4, 0.5) is 10.5 Å². The van der Waals surface area contributed by atoms with Crippen molar-refractivity contribution in [2.75, 3.05) is 82.8 Å². The minimum Gasteiger partial charge on any atom is -0.381 e. The Kier molecular flexibility index (Phi) is 24.8. The number of amides is 2. The number of unbranched alkanes of at least 4 members (excludes halogenated alkanes) is 2. The highest BCUT2D eigenvalue weighted by Gasteiger charge is 2.41. The summed E-state index contributed by atoms with van der Waals surface area (Å²) in [4.78, 5) is 73.5. The number of benzene rings is 1. The van der Waals surface area contributed by atoms with Gasteiger partial charge in [0.2, 0.25) is 0 Å². The SMILES string of the molecule is NCCOCCOCCNC(=O)Nc1cc(C(=O)CCCOCCCC(=O)CCCC[C@@H]2SC[C@@H]3NC(N)=N[C@@H]32)cc(C(=O)CCCOCCCC(=O)CCCC[C@@H]2SC[C@@H]3NC(N)=N[C@@H]32)c1. The number of hydrogen-bond acceptors (Lipinski definition) is 18. The number of thioether (sulfide) groups is 2. The third-order valence-electron chi connectivity index (χ3n) is 12.1. The van der Waals surface area contributed by atoms with Crippen LogP contribution in [-0.2, 0) is 28.5 Å². The third kappa shape index (κ3) is 20.0. The van der Waals surface area contributed by atoms with Gasteiger partial charge >= 0.3 is 6.03 Å². The number of rotatable bonds is 37. The minimum atomic E-state index is -0.502. The highest BCUT2D eigenvalue weighted by atomic mass is 32.2. The second-order valence-corrected chi connectivity index (χ2v) is 20.0. The highest BCUT2D eigenvalue weighted by molar-refractivity contribution is 8.00. The molecule has 374 valence electrons. The van der Waals surface area contributed by atoms with Gasteiger partial charge in [0.25, 0.3) is 0 Å². The number of guanidine groups is 2. The van der Waals surface area contributed by atoms with Gasteiger partial charge in [0.05, 0.1) is 50.6 Å². The molecule has 0 bridgehead atoms. The zero-order valence-corrected chi connectivity index (χ0v) is 40.7. The van der Waals surface area contributed by atoms with Crippen LogP contribution in [0.15, 0.2) is 28.2 Å². The summed E-state index contributed by atoms with van der Waals surface area (Å²) in [5.41, 5.74) is 18.0. The summed E-state index contributed by atoms with van der Waals surface area (Å²) in [6.07, 6.45) is 10.4. The average molecular weight is 974 g/mol. The number of ketones is 4. The van der Waals surface area contributed by atoms with Gasteiger partial charge in [0.1, 0.15) is 11.6 Å². The Hall–Kier alpha value is -3.79. The van der Waals surface area contributed by atoms with E-state index in [1.54, 1.807) is 18.2 Å². The van der Waals surface area contributed by atoms with Gasteiger partial charge < -0.3 is 57.4 Å². The fourth-order valence-electron chi connectivity index (χ4n) is 8.58. The molecule has 10 N–H and O–H groups in total. The molecule has 67 heavy (non-hydrogen) atoms. The number of anilines is 1. The van der Waals surface area contributed by atoms with Gasteiger partial charge in [-0.25, -0.2) is 14.8 Å². The van der Waals surface area contributed by atoms with E-state index >= 15 is 0 Å². The van der Waals surface area contributed by atoms with E-state index in [0.717, 1.165) is 50.0 Å². The molecule has 2 saturated heterocycles. The molecular weight excluding hydrogens is 899 g/mol. The Morgan fingerprint density at radius 3 is 1.52 bits per heavy atom. The molecule has 2 fully saturated rings. The van der Waals surface area contributed by atoms with Crippen molar-refractivity contribution in [3.8, 4) is 0 Å². The summed E-state index contributed by atoms with van der Waals surface area (Å²) in [6, 6.07) is 5.40. The molecular formula is C47H75N9O9S2. The third-order valence-corrected chi connectivity index (χ3v) is 15.1. The second kappa shape index (κ2) is 30.6. The molecule has 4 aliphatic rings. The van der Waals surface area contributed by atoms with Gasteiger partial charge in [-0.3, -0.25) is 19.2 Å². The first-order chi connectivity index (χ1) is 32.6. The molecule has 5 rings (SSSR count). The number of nitrogens with one attached hydrogen (secondary N) is 4. The van der Waals surface area contributed by atoms with E-state index in [1.807, 2.05) is 23.5 Å². The quantitative estimate of drug-likeness (QED) is 0.0365. The van der Waals surface area contributed by atoms with Crippen molar-refractivity contribution in [3.63, 3.8) is 0 Å². The summed E-state index contributed by atoms with van der Waals surface area (Å²) in [6.45, 7) is 3.76. The summed E-state index contributed by atoms with van der Waals surface area (Å²) in [5.74, 6) is 3.23. The number of urea groups is 1. The van der Waals surface area contributed by atoms with Gasteiger partial charge in [0, 0.05) is 117 Å². The number of carbonyl (C=O) groups is 5. The maximum absolute atomic E-state index is 13.4. The molecule has 0 aromatic heterocycles. The van der Waals surface area contributed by atoms with Crippen LogP contribution in [0.1, 0.15) is 123 Å². The molecule has 0 spiro atoms. The summed E-state index contributed by atoms with van der Waals surface area (Å²) in [5, 5.41) is 12.9. The van der Waals surface area contributed by atoms with Crippen LogP contribution in [0, 0.1) is 0 Å². The Bertz CT molecular complexity index is 1700. The molecule has 0 aliphatic carbocycles. The lowest BCUT2D eigenvalue weighted by Crippen LogP contribution is -2.38. The lowest BCUT2D eigenvalue weighted by Gasteiger charge is -2.14. The number of aliphatic imine (C=N–C) groups is 2.